The summed E-state index contributed by atoms with van der Waals surface area (Å²) in [7, 11) is 0. The van der Waals surface area contributed by atoms with Crippen molar-refractivity contribution in [1.82, 2.24) is 9.99 Å². The SMILES string of the molecule is Cc1cc(/C=N\NC(=O)C(=O)Nc2ccc(F)cc2)c(C)n1-c1cccc(Cl)c1Cl. The van der Waals surface area contributed by atoms with E-state index in [-0.39, 0.29) is 0 Å². The molecule has 0 aliphatic carbocycles. The molecular weight excluding hydrogens is 430 g/mol. The molecule has 0 spiro atoms. The second-order valence-electron chi connectivity index (χ2n) is 6.39. The number of halogens is 3. The van der Waals surface area contributed by atoms with Crippen LogP contribution in [0.2, 0.25) is 10.0 Å². The van der Waals surface area contributed by atoms with Gasteiger partial charge in [-0.05, 0) is 56.3 Å². The van der Waals surface area contributed by atoms with Gasteiger partial charge in [0, 0.05) is 22.6 Å². The Morgan fingerprint density at radius 2 is 1.77 bits per heavy atom. The smallest absolute Gasteiger partial charge is 0.318 e. The predicted octanol–water partition coefficient (Wildman–Crippen LogP) is 4.63. The van der Waals surface area contributed by atoms with Crippen LogP contribution in [0.1, 0.15) is 17.0 Å². The van der Waals surface area contributed by atoms with E-state index in [1.54, 1.807) is 12.1 Å². The van der Waals surface area contributed by atoms with Crippen molar-refractivity contribution in [2.45, 2.75) is 13.8 Å². The highest BCUT2D eigenvalue weighted by molar-refractivity contribution is 6.43. The van der Waals surface area contributed by atoms with Crippen molar-refractivity contribution in [3.8, 4) is 5.69 Å². The molecule has 3 rings (SSSR count). The quantitative estimate of drug-likeness (QED) is 0.348. The maximum absolute atomic E-state index is 12.9. The number of anilines is 1. The summed E-state index contributed by atoms with van der Waals surface area (Å²) in [6.07, 6.45) is 1.43. The van der Waals surface area contributed by atoms with Crippen LogP contribution in [0.3, 0.4) is 0 Å². The fourth-order valence-corrected chi connectivity index (χ4v) is 3.27. The number of nitrogens with zero attached hydrogens (tertiary/aromatic N) is 2. The van der Waals surface area contributed by atoms with Crippen LogP contribution in [-0.2, 0) is 9.59 Å². The Bertz CT molecular complexity index is 1140. The van der Waals surface area contributed by atoms with Crippen LogP contribution >= 0.6 is 23.2 Å². The fraction of sp³-hybridized carbons (Fsp3) is 0.0952. The van der Waals surface area contributed by atoms with E-state index in [4.69, 9.17) is 23.2 Å². The first-order chi connectivity index (χ1) is 14.3. The fourth-order valence-electron chi connectivity index (χ4n) is 2.89. The highest BCUT2D eigenvalue weighted by atomic mass is 35.5. The molecule has 30 heavy (non-hydrogen) atoms. The summed E-state index contributed by atoms with van der Waals surface area (Å²) < 4.78 is 14.8. The lowest BCUT2D eigenvalue weighted by Crippen LogP contribution is -2.32. The Balaban J connectivity index is 1.71. The van der Waals surface area contributed by atoms with Gasteiger partial charge in [0.05, 0.1) is 21.9 Å². The molecule has 0 saturated heterocycles. The third kappa shape index (κ3) is 4.69. The van der Waals surface area contributed by atoms with Crippen molar-refractivity contribution in [3.05, 3.63) is 81.3 Å². The van der Waals surface area contributed by atoms with E-state index in [2.05, 4.69) is 15.8 Å². The number of benzene rings is 2. The van der Waals surface area contributed by atoms with Gasteiger partial charge in [0.25, 0.3) is 0 Å². The second-order valence-corrected chi connectivity index (χ2v) is 7.18. The average molecular weight is 447 g/mol. The molecule has 0 aliphatic rings. The molecule has 2 N–H and O–H groups in total. The van der Waals surface area contributed by atoms with Crippen LogP contribution < -0.4 is 10.7 Å². The van der Waals surface area contributed by atoms with Crippen LogP contribution in [0.25, 0.3) is 5.69 Å². The summed E-state index contributed by atoms with van der Waals surface area (Å²) >= 11 is 12.4. The molecule has 3 aromatic rings. The van der Waals surface area contributed by atoms with E-state index in [1.807, 2.05) is 30.5 Å². The lowest BCUT2D eigenvalue weighted by Gasteiger charge is -2.12. The molecular formula is C21H17Cl2FN4O2. The monoisotopic (exact) mass is 446 g/mol. The first-order valence-electron chi connectivity index (χ1n) is 8.81. The summed E-state index contributed by atoms with van der Waals surface area (Å²) in [4.78, 5) is 23.8. The summed E-state index contributed by atoms with van der Waals surface area (Å²) in [6.45, 7) is 3.77. The van der Waals surface area contributed by atoms with E-state index in [9.17, 15) is 14.0 Å². The van der Waals surface area contributed by atoms with Gasteiger partial charge in [0.15, 0.2) is 0 Å². The number of aromatic nitrogens is 1. The summed E-state index contributed by atoms with van der Waals surface area (Å²) in [6, 6.07) is 12.3. The molecule has 0 fully saturated rings. The van der Waals surface area contributed by atoms with E-state index in [0.717, 1.165) is 22.6 Å². The molecule has 2 amide bonds. The normalized spacial score (nSPS) is 11.0. The van der Waals surface area contributed by atoms with Gasteiger partial charge >= 0.3 is 11.8 Å². The molecule has 6 nitrogen and oxygen atoms in total. The van der Waals surface area contributed by atoms with Gasteiger partial charge in [-0.3, -0.25) is 9.59 Å². The third-order valence-corrected chi connectivity index (χ3v) is 5.13. The zero-order valence-electron chi connectivity index (χ0n) is 16.0. The van der Waals surface area contributed by atoms with Crippen LogP contribution in [0.5, 0.6) is 0 Å². The van der Waals surface area contributed by atoms with Gasteiger partial charge in [-0.1, -0.05) is 29.3 Å². The largest absolute Gasteiger partial charge is 0.329 e. The van der Waals surface area contributed by atoms with Crippen molar-refractivity contribution in [1.29, 1.82) is 0 Å². The van der Waals surface area contributed by atoms with Crippen molar-refractivity contribution < 1.29 is 14.0 Å². The molecule has 0 atom stereocenters. The molecule has 1 aromatic heterocycles. The van der Waals surface area contributed by atoms with Gasteiger partial charge in [0.1, 0.15) is 5.82 Å². The van der Waals surface area contributed by atoms with Crippen LogP contribution in [0.4, 0.5) is 10.1 Å². The Labute approximate surface area is 182 Å². The molecule has 0 unspecified atom stereocenters. The Kier molecular flexibility index (Phi) is 6.54. The summed E-state index contributed by atoms with van der Waals surface area (Å²) in [5.74, 6) is -2.32. The molecule has 9 heteroatoms. The third-order valence-electron chi connectivity index (χ3n) is 4.32. The minimum atomic E-state index is -0.956. The first kappa shape index (κ1) is 21.5. The number of rotatable bonds is 4. The molecule has 0 bridgehead atoms. The number of aryl methyl sites for hydroxylation is 1. The van der Waals surface area contributed by atoms with Gasteiger partial charge in [-0.2, -0.15) is 5.10 Å². The highest BCUT2D eigenvalue weighted by Gasteiger charge is 2.15. The van der Waals surface area contributed by atoms with Crippen molar-refractivity contribution in [2.24, 2.45) is 5.10 Å². The predicted molar refractivity (Wildman–Crippen MR) is 116 cm³/mol. The van der Waals surface area contributed by atoms with Crippen molar-refractivity contribution >= 4 is 46.9 Å². The topological polar surface area (TPSA) is 75.5 Å². The van der Waals surface area contributed by atoms with Gasteiger partial charge < -0.3 is 9.88 Å². The number of carbonyl (C=O) groups is 2. The van der Waals surface area contributed by atoms with Crippen molar-refractivity contribution in [2.75, 3.05) is 5.32 Å². The van der Waals surface area contributed by atoms with Gasteiger partial charge in [-0.15, -0.1) is 0 Å². The number of hydrogen-bond acceptors (Lipinski definition) is 3. The minimum Gasteiger partial charge on any atom is -0.318 e. The average Bonchev–Trinajstić information content (AvgIpc) is 2.99. The van der Waals surface area contributed by atoms with Crippen LogP contribution in [0, 0.1) is 19.7 Å². The summed E-state index contributed by atoms with van der Waals surface area (Å²) in [5, 5.41) is 7.07. The van der Waals surface area contributed by atoms with E-state index >= 15 is 0 Å². The molecule has 0 radical (unpaired) electrons. The van der Waals surface area contributed by atoms with Crippen LogP contribution in [0.15, 0.2) is 53.6 Å². The van der Waals surface area contributed by atoms with Crippen LogP contribution in [-0.4, -0.2) is 22.6 Å². The van der Waals surface area contributed by atoms with Crippen molar-refractivity contribution in [3.63, 3.8) is 0 Å². The molecule has 2 aromatic carbocycles. The lowest BCUT2D eigenvalue weighted by molar-refractivity contribution is -0.136. The zero-order valence-corrected chi connectivity index (χ0v) is 17.6. The summed E-state index contributed by atoms with van der Waals surface area (Å²) in [5.41, 5.74) is 5.62. The van der Waals surface area contributed by atoms with E-state index in [1.165, 1.54) is 30.5 Å². The number of carbonyl (C=O) groups excluding carboxylic acids is 2. The maximum atomic E-state index is 12.9. The van der Waals surface area contributed by atoms with Gasteiger partial charge in [-0.25, -0.2) is 9.82 Å². The maximum Gasteiger partial charge on any atom is 0.329 e. The van der Waals surface area contributed by atoms with E-state index < -0.39 is 17.6 Å². The number of hydrazone groups is 1. The lowest BCUT2D eigenvalue weighted by atomic mass is 10.2. The highest BCUT2D eigenvalue weighted by Crippen LogP contribution is 2.31. The standard InChI is InChI=1S/C21H17Cl2FN4O2/c1-12-10-14(13(2)28(12)18-5-3-4-17(22)19(18)23)11-25-27-21(30)20(29)26-16-8-6-15(24)7-9-16/h3-11H,1-2H3,(H,26,29)(H,27,30)/b25-11-. The molecule has 154 valence electrons. The zero-order chi connectivity index (χ0) is 21.8. The minimum absolute atomic E-state index is 0.294. The second kappa shape index (κ2) is 9.11. The molecule has 0 aliphatic heterocycles. The Morgan fingerprint density at radius 1 is 1.07 bits per heavy atom. The molecule has 1 heterocycles. The molecule has 0 saturated carbocycles. The Hall–Kier alpha value is -3.16. The first-order valence-corrected chi connectivity index (χ1v) is 9.57. The number of nitrogens with one attached hydrogen (secondary N) is 2. The van der Waals surface area contributed by atoms with E-state index in [0.29, 0.717) is 15.7 Å². The Morgan fingerprint density at radius 3 is 2.47 bits per heavy atom. The number of hydrogen-bond donors (Lipinski definition) is 2. The number of amides is 2. The van der Waals surface area contributed by atoms with Gasteiger partial charge in [0.2, 0.25) is 0 Å².